The summed E-state index contributed by atoms with van der Waals surface area (Å²) in [4.78, 5) is 7.72. The molecule has 2 aromatic rings. The number of nitrogens with zero attached hydrogens (tertiary/aromatic N) is 3. The molecule has 0 amide bonds. The number of hydrogen-bond donors (Lipinski definition) is 1. The van der Waals surface area contributed by atoms with Crippen molar-refractivity contribution in [2.24, 2.45) is 0 Å². The Morgan fingerprint density at radius 2 is 1.55 bits per heavy atom. The molecule has 2 aromatic carbocycles. The van der Waals surface area contributed by atoms with Crippen LogP contribution in [0.2, 0.25) is 0 Å². The van der Waals surface area contributed by atoms with E-state index >= 15 is 0 Å². The number of piperidine rings is 1. The molecule has 4 rings (SSSR count). The van der Waals surface area contributed by atoms with Crippen LogP contribution in [0, 0.1) is 0 Å². The highest BCUT2D eigenvalue weighted by molar-refractivity contribution is 5.63. The second-order valence-corrected chi connectivity index (χ2v) is 8.74. The predicted octanol–water partition coefficient (Wildman–Crippen LogP) is 3.32. The van der Waals surface area contributed by atoms with E-state index in [9.17, 15) is 5.11 Å². The van der Waals surface area contributed by atoms with Gasteiger partial charge in [0.2, 0.25) is 0 Å². The van der Waals surface area contributed by atoms with Crippen LogP contribution in [-0.2, 0) is 6.54 Å². The number of likely N-dealkylation sites (tertiary alicyclic amines) is 1. The van der Waals surface area contributed by atoms with E-state index in [1.165, 1.54) is 42.6 Å². The minimum atomic E-state index is 0.285. The molecule has 4 nitrogen and oxygen atoms in total. The Kier molecular flexibility index (Phi) is 6.98. The molecule has 2 aliphatic rings. The zero-order valence-electron chi connectivity index (χ0n) is 17.7. The molecular weight excluding hydrogens is 358 g/mol. The van der Waals surface area contributed by atoms with Gasteiger partial charge in [0.1, 0.15) is 0 Å². The van der Waals surface area contributed by atoms with Crippen LogP contribution in [-0.4, -0.2) is 78.3 Å². The lowest BCUT2D eigenvalue weighted by Gasteiger charge is -2.47. The predicted molar refractivity (Wildman–Crippen MR) is 120 cm³/mol. The fourth-order valence-corrected chi connectivity index (χ4v) is 4.98. The van der Waals surface area contributed by atoms with Crippen molar-refractivity contribution < 1.29 is 5.11 Å². The van der Waals surface area contributed by atoms with Crippen molar-refractivity contribution in [1.82, 2.24) is 14.7 Å². The van der Waals surface area contributed by atoms with Crippen LogP contribution in [0.15, 0.2) is 54.6 Å². The fourth-order valence-electron chi connectivity index (χ4n) is 4.98. The summed E-state index contributed by atoms with van der Waals surface area (Å²) in [6, 6.07) is 20.8. The van der Waals surface area contributed by atoms with Crippen molar-refractivity contribution in [3.8, 4) is 11.1 Å². The van der Waals surface area contributed by atoms with Crippen molar-refractivity contribution in [2.75, 3.05) is 46.4 Å². The molecule has 0 radical (unpaired) electrons. The van der Waals surface area contributed by atoms with Crippen LogP contribution >= 0.6 is 0 Å². The van der Waals surface area contributed by atoms with Crippen molar-refractivity contribution in [1.29, 1.82) is 0 Å². The maximum Gasteiger partial charge on any atom is 0.0446 e. The molecule has 29 heavy (non-hydrogen) atoms. The van der Waals surface area contributed by atoms with Crippen molar-refractivity contribution in [3.05, 3.63) is 60.2 Å². The molecule has 156 valence electrons. The highest BCUT2D eigenvalue weighted by Gasteiger charge is 2.32. The Hall–Kier alpha value is -1.72. The fraction of sp³-hybridized carbons (Fsp3) is 0.520. The molecule has 0 aliphatic carbocycles. The average molecular weight is 394 g/mol. The van der Waals surface area contributed by atoms with Gasteiger partial charge in [-0.25, -0.2) is 0 Å². The summed E-state index contributed by atoms with van der Waals surface area (Å²) in [5.41, 5.74) is 3.92. The van der Waals surface area contributed by atoms with Crippen molar-refractivity contribution >= 4 is 0 Å². The monoisotopic (exact) mass is 393 g/mol. The molecule has 0 unspecified atom stereocenters. The summed E-state index contributed by atoms with van der Waals surface area (Å²) in [5, 5.41) is 9.64. The topological polar surface area (TPSA) is 30.0 Å². The van der Waals surface area contributed by atoms with Gasteiger partial charge in [-0.3, -0.25) is 9.80 Å². The van der Waals surface area contributed by atoms with E-state index in [4.69, 9.17) is 0 Å². The zero-order valence-corrected chi connectivity index (χ0v) is 17.7. The van der Waals surface area contributed by atoms with Gasteiger partial charge in [0.15, 0.2) is 0 Å². The maximum absolute atomic E-state index is 9.64. The van der Waals surface area contributed by atoms with Crippen LogP contribution in [0.4, 0.5) is 0 Å². The third-order valence-electron chi connectivity index (χ3n) is 6.70. The molecule has 0 saturated carbocycles. The average Bonchev–Trinajstić information content (AvgIpc) is 2.76. The van der Waals surface area contributed by atoms with E-state index in [-0.39, 0.29) is 6.61 Å². The first kappa shape index (κ1) is 20.5. The lowest BCUT2D eigenvalue weighted by Crippen LogP contribution is -2.58. The molecular formula is C25H35N3O. The molecule has 0 spiro atoms. The van der Waals surface area contributed by atoms with Gasteiger partial charge < -0.3 is 10.0 Å². The standard InChI is InChI=1S/C25H35N3O/c1-26-14-11-24(12-15-26)28-17-16-27(20-25(28)13-18-29)19-21-7-9-23(10-8-21)22-5-3-2-4-6-22/h2-10,24-25,29H,11-20H2,1H3/t25-/m1/s1. The van der Waals surface area contributed by atoms with Crippen LogP contribution in [0.1, 0.15) is 24.8 Å². The highest BCUT2D eigenvalue weighted by atomic mass is 16.3. The lowest BCUT2D eigenvalue weighted by atomic mass is 9.98. The van der Waals surface area contributed by atoms with Gasteiger partial charge in [-0.05, 0) is 56.1 Å². The summed E-state index contributed by atoms with van der Waals surface area (Å²) in [6.07, 6.45) is 3.41. The molecule has 2 heterocycles. The van der Waals surface area contributed by atoms with Crippen molar-refractivity contribution in [2.45, 2.75) is 37.9 Å². The first-order chi connectivity index (χ1) is 14.2. The van der Waals surface area contributed by atoms with E-state index in [2.05, 4.69) is 76.3 Å². The second kappa shape index (κ2) is 9.86. The zero-order chi connectivity index (χ0) is 20.1. The van der Waals surface area contributed by atoms with E-state index < -0.39 is 0 Å². The molecule has 1 atom stereocenters. The second-order valence-electron chi connectivity index (χ2n) is 8.74. The number of aliphatic hydroxyl groups excluding tert-OH is 1. The summed E-state index contributed by atoms with van der Waals surface area (Å²) >= 11 is 0. The molecule has 2 saturated heterocycles. The SMILES string of the molecule is CN1CCC(N2CCN(Cc3ccc(-c4ccccc4)cc3)C[C@H]2CCO)CC1. The number of aliphatic hydroxyl groups is 1. The third kappa shape index (κ3) is 5.26. The smallest absolute Gasteiger partial charge is 0.0446 e. The Balaban J connectivity index is 1.36. The Morgan fingerprint density at radius 1 is 0.862 bits per heavy atom. The summed E-state index contributed by atoms with van der Waals surface area (Å²) in [6.45, 7) is 6.99. The van der Waals surface area contributed by atoms with Crippen LogP contribution in [0.5, 0.6) is 0 Å². The molecule has 0 bridgehead atoms. The minimum absolute atomic E-state index is 0.285. The highest BCUT2D eigenvalue weighted by Crippen LogP contribution is 2.24. The van der Waals surface area contributed by atoms with E-state index in [0.29, 0.717) is 12.1 Å². The summed E-state index contributed by atoms with van der Waals surface area (Å²) in [7, 11) is 2.22. The Bertz CT molecular complexity index is 740. The Morgan fingerprint density at radius 3 is 2.24 bits per heavy atom. The molecule has 2 aliphatic heterocycles. The first-order valence-corrected chi connectivity index (χ1v) is 11.1. The summed E-state index contributed by atoms with van der Waals surface area (Å²) in [5.74, 6) is 0. The van der Waals surface area contributed by atoms with Gasteiger partial charge >= 0.3 is 0 Å². The van der Waals surface area contributed by atoms with Gasteiger partial charge in [-0.2, -0.15) is 0 Å². The summed E-state index contributed by atoms with van der Waals surface area (Å²) < 4.78 is 0. The van der Waals surface area contributed by atoms with E-state index in [1.54, 1.807) is 0 Å². The quantitative estimate of drug-likeness (QED) is 0.816. The van der Waals surface area contributed by atoms with Gasteiger partial charge in [0.25, 0.3) is 0 Å². The van der Waals surface area contributed by atoms with Crippen LogP contribution < -0.4 is 0 Å². The van der Waals surface area contributed by atoms with Crippen LogP contribution in [0.3, 0.4) is 0 Å². The number of benzene rings is 2. The van der Waals surface area contributed by atoms with Gasteiger partial charge in [0, 0.05) is 44.9 Å². The number of piperazine rings is 1. The number of hydrogen-bond acceptors (Lipinski definition) is 4. The maximum atomic E-state index is 9.64. The number of rotatable bonds is 6. The lowest BCUT2D eigenvalue weighted by molar-refractivity contribution is 0.00600. The minimum Gasteiger partial charge on any atom is -0.396 e. The third-order valence-corrected chi connectivity index (χ3v) is 6.70. The largest absolute Gasteiger partial charge is 0.396 e. The van der Waals surface area contributed by atoms with Gasteiger partial charge in [-0.15, -0.1) is 0 Å². The van der Waals surface area contributed by atoms with E-state index in [1.807, 2.05) is 0 Å². The van der Waals surface area contributed by atoms with Gasteiger partial charge in [-0.1, -0.05) is 54.6 Å². The normalized spacial score (nSPS) is 22.8. The first-order valence-electron chi connectivity index (χ1n) is 11.1. The molecule has 1 N–H and O–H groups in total. The molecule has 0 aromatic heterocycles. The molecule has 2 fully saturated rings. The van der Waals surface area contributed by atoms with E-state index in [0.717, 1.165) is 32.6 Å². The Labute approximate surface area is 175 Å². The molecule has 4 heteroatoms. The van der Waals surface area contributed by atoms with Crippen LogP contribution in [0.25, 0.3) is 11.1 Å². The van der Waals surface area contributed by atoms with Gasteiger partial charge in [0.05, 0.1) is 0 Å². The van der Waals surface area contributed by atoms with Crippen molar-refractivity contribution in [3.63, 3.8) is 0 Å².